The van der Waals surface area contributed by atoms with Crippen molar-refractivity contribution >= 4 is 11.9 Å². The van der Waals surface area contributed by atoms with Crippen LogP contribution >= 0.6 is 0 Å². The van der Waals surface area contributed by atoms with Crippen molar-refractivity contribution in [1.29, 1.82) is 0 Å². The van der Waals surface area contributed by atoms with Crippen LogP contribution in [0.1, 0.15) is 5.56 Å². The van der Waals surface area contributed by atoms with Crippen molar-refractivity contribution in [3.63, 3.8) is 0 Å². The lowest BCUT2D eigenvalue weighted by Crippen LogP contribution is -2.31. The molecule has 0 bridgehead atoms. The summed E-state index contributed by atoms with van der Waals surface area (Å²) in [5, 5.41) is 2.11. The Morgan fingerprint density at radius 1 is 1.22 bits per heavy atom. The Morgan fingerprint density at radius 3 is 2.28 bits per heavy atom. The SMILES string of the molecule is COC(=O)CNC(=O)Cc1c(F)cc(F)cc1F. The second-order valence-corrected chi connectivity index (χ2v) is 3.38. The van der Waals surface area contributed by atoms with Gasteiger partial charge in [0, 0.05) is 17.7 Å². The van der Waals surface area contributed by atoms with Crippen molar-refractivity contribution < 1.29 is 27.5 Å². The van der Waals surface area contributed by atoms with Gasteiger partial charge in [-0.15, -0.1) is 0 Å². The van der Waals surface area contributed by atoms with Crippen molar-refractivity contribution in [2.75, 3.05) is 13.7 Å². The molecule has 0 unspecified atom stereocenters. The Morgan fingerprint density at radius 2 is 1.78 bits per heavy atom. The number of benzene rings is 1. The van der Waals surface area contributed by atoms with Crippen LogP contribution in [0.2, 0.25) is 0 Å². The Balaban J connectivity index is 2.68. The summed E-state index contributed by atoms with van der Waals surface area (Å²) in [5.74, 6) is -4.83. The molecule has 0 aliphatic heterocycles. The third-order valence-electron chi connectivity index (χ3n) is 2.10. The summed E-state index contributed by atoms with van der Waals surface area (Å²) >= 11 is 0. The maximum absolute atomic E-state index is 13.2. The number of methoxy groups -OCH3 is 1. The summed E-state index contributed by atoms with van der Waals surface area (Å²) in [7, 11) is 1.13. The van der Waals surface area contributed by atoms with Crippen molar-refractivity contribution in [3.8, 4) is 0 Å². The highest BCUT2D eigenvalue weighted by Crippen LogP contribution is 2.15. The Hall–Kier alpha value is -2.05. The number of hydrogen-bond acceptors (Lipinski definition) is 3. The van der Waals surface area contributed by atoms with E-state index in [0.29, 0.717) is 12.1 Å². The average Bonchev–Trinajstić information content (AvgIpc) is 2.30. The first-order valence-corrected chi connectivity index (χ1v) is 4.91. The Bertz CT molecular complexity index is 454. The van der Waals surface area contributed by atoms with Crippen LogP contribution in [0.15, 0.2) is 12.1 Å². The topological polar surface area (TPSA) is 55.4 Å². The van der Waals surface area contributed by atoms with Crippen LogP contribution in [0.3, 0.4) is 0 Å². The molecule has 1 amide bonds. The second kappa shape index (κ2) is 6.04. The number of hydrogen-bond donors (Lipinski definition) is 1. The summed E-state index contributed by atoms with van der Waals surface area (Å²) in [5.41, 5.74) is -0.557. The molecule has 7 heteroatoms. The lowest BCUT2D eigenvalue weighted by molar-refractivity contribution is -0.141. The van der Waals surface area contributed by atoms with Crippen LogP contribution in [0, 0.1) is 17.5 Å². The van der Waals surface area contributed by atoms with E-state index >= 15 is 0 Å². The summed E-state index contributed by atoms with van der Waals surface area (Å²) in [4.78, 5) is 22.0. The Labute approximate surface area is 101 Å². The van der Waals surface area contributed by atoms with Crippen LogP contribution in [0.25, 0.3) is 0 Å². The summed E-state index contributed by atoms with van der Waals surface area (Å²) in [6, 6.07) is 0.956. The number of carbonyl (C=O) groups is 2. The van der Waals surface area contributed by atoms with Gasteiger partial charge in [0.25, 0.3) is 0 Å². The molecule has 18 heavy (non-hydrogen) atoms. The smallest absolute Gasteiger partial charge is 0.325 e. The van der Waals surface area contributed by atoms with Crippen molar-refractivity contribution in [3.05, 3.63) is 35.1 Å². The molecule has 0 atom stereocenters. The lowest BCUT2D eigenvalue weighted by atomic mass is 10.1. The zero-order chi connectivity index (χ0) is 13.7. The van der Waals surface area contributed by atoms with E-state index < -0.39 is 47.9 Å². The highest BCUT2D eigenvalue weighted by atomic mass is 19.1. The predicted molar refractivity (Wildman–Crippen MR) is 55.0 cm³/mol. The van der Waals surface area contributed by atoms with Gasteiger partial charge in [0.2, 0.25) is 5.91 Å². The van der Waals surface area contributed by atoms with E-state index in [4.69, 9.17) is 0 Å². The van der Waals surface area contributed by atoms with Gasteiger partial charge >= 0.3 is 5.97 Å². The van der Waals surface area contributed by atoms with Crippen LogP contribution in [0.5, 0.6) is 0 Å². The molecular weight excluding hydrogens is 251 g/mol. The predicted octanol–water partition coefficient (Wildman–Crippen LogP) is 0.936. The molecule has 0 saturated heterocycles. The highest BCUT2D eigenvalue weighted by Gasteiger charge is 2.15. The lowest BCUT2D eigenvalue weighted by Gasteiger charge is -2.06. The first kappa shape index (κ1) is 14.0. The van der Waals surface area contributed by atoms with Gasteiger partial charge in [0.15, 0.2) is 0 Å². The van der Waals surface area contributed by atoms with Gasteiger partial charge in [0.05, 0.1) is 13.5 Å². The molecule has 0 aliphatic carbocycles. The average molecular weight is 261 g/mol. The van der Waals surface area contributed by atoms with Gasteiger partial charge in [-0.3, -0.25) is 9.59 Å². The van der Waals surface area contributed by atoms with Crippen molar-refractivity contribution in [2.24, 2.45) is 0 Å². The third-order valence-corrected chi connectivity index (χ3v) is 2.10. The maximum Gasteiger partial charge on any atom is 0.325 e. The number of amides is 1. The van der Waals surface area contributed by atoms with E-state index in [1.165, 1.54) is 0 Å². The fraction of sp³-hybridized carbons (Fsp3) is 0.273. The molecule has 0 spiro atoms. The highest BCUT2D eigenvalue weighted by molar-refractivity contribution is 5.83. The number of esters is 1. The quantitative estimate of drug-likeness (QED) is 0.820. The minimum absolute atomic E-state index is 0.403. The molecule has 0 fully saturated rings. The van der Waals surface area contributed by atoms with Crippen LogP contribution in [0.4, 0.5) is 13.2 Å². The normalized spacial score (nSPS) is 10.0. The van der Waals surface area contributed by atoms with E-state index in [1.54, 1.807) is 0 Å². The standard InChI is InChI=1S/C11H10F3NO3/c1-18-11(17)5-15-10(16)4-7-8(13)2-6(12)3-9(7)14/h2-3H,4-5H2,1H3,(H,15,16). The fourth-order valence-electron chi connectivity index (χ4n) is 1.21. The largest absolute Gasteiger partial charge is 0.468 e. The fourth-order valence-corrected chi connectivity index (χ4v) is 1.21. The van der Waals surface area contributed by atoms with Gasteiger partial charge in [-0.25, -0.2) is 13.2 Å². The van der Waals surface area contributed by atoms with Crippen molar-refractivity contribution in [1.82, 2.24) is 5.32 Å². The molecule has 0 aromatic heterocycles. The first-order chi connectivity index (χ1) is 8.43. The van der Waals surface area contributed by atoms with Gasteiger partial charge in [-0.05, 0) is 0 Å². The number of carbonyl (C=O) groups excluding carboxylic acids is 2. The van der Waals surface area contributed by atoms with E-state index in [-0.39, 0.29) is 0 Å². The van der Waals surface area contributed by atoms with Crippen molar-refractivity contribution in [2.45, 2.75) is 6.42 Å². The van der Waals surface area contributed by atoms with E-state index in [2.05, 4.69) is 10.1 Å². The van der Waals surface area contributed by atoms with Crippen LogP contribution in [-0.4, -0.2) is 25.5 Å². The van der Waals surface area contributed by atoms with E-state index in [1.807, 2.05) is 0 Å². The number of rotatable bonds is 4. The zero-order valence-corrected chi connectivity index (χ0v) is 9.43. The summed E-state index contributed by atoms with van der Waals surface area (Å²) in [6.45, 7) is -0.403. The van der Waals surface area contributed by atoms with Gasteiger partial charge in [0.1, 0.15) is 24.0 Å². The minimum Gasteiger partial charge on any atom is -0.468 e. The molecule has 1 aromatic rings. The monoisotopic (exact) mass is 261 g/mol. The maximum atomic E-state index is 13.2. The molecule has 1 aromatic carbocycles. The summed E-state index contributed by atoms with van der Waals surface area (Å²) < 4.78 is 43.2. The van der Waals surface area contributed by atoms with E-state index in [9.17, 15) is 22.8 Å². The number of nitrogens with one attached hydrogen (secondary N) is 1. The molecule has 4 nitrogen and oxygen atoms in total. The number of ether oxygens (including phenoxy) is 1. The van der Waals surface area contributed by atoms with Gasteiger partial charge in [-0.1, -0.05) is 0 Å². The van der Waals surface area contributed by atoms with Gasteiger partial charge in [-0.2, -0.15) is 0 Å². The number of halogens is 3. The molecular formula is C11H10F3NO3. The summed E-state index contributed by atoms with van der Waals surface area (Å²) in [6.07, 6.45) is -0.630. The zero-order valence-electron chi connectivity index (χ0n) is 9.43. The molecule has 1 N–H and O–H groups in total. The van der Waals surface area contributed by atoms with Crippen LogP contribution < -0.4 is 5.32 Å². The minimum atomic E-state index is -1.15. The molecule has 0 aliphatic rings. The van der Waals surface area contributed by atoms with E-state index in [0.717, 1.165) is 7.11 Å². The molecule has 98 valence electrons. The van der Waals surface area contributed by atoms with Crippen LogP contribution in [-0.2, 0) is 20.7 Å². The first-order valence-electron chi connectivity index (χ1n) is 4.91. The molecule has 0 saturated carbocycles. The molecule has 0 radical (unpaired) electrons. The second-order valence-electron chi connectivity index (χ2n) is 3.38. The Kier molecular flexibility index (Phi) is 4.70. The third kappa shape index (κ3) is 3.76. The molecule has 1 rings (SSSR count). The molecule has 0 heterocycles. The van der Waals surface area contributed by atoms with Gasteiger partial charge < -0.3 is 10.1 Å².